The Labute approximate surface area is 201 Å². The second-order valence-corrected chi connectivity index (χ2v) is 7.10. The molecular formula is C25H24N2O8. The Morgan fingerprint density at radius 3 is 2.20 bits per heavy atom. The number of esters is 1. The van der Waals surface area contributed by atoms with Crippen molar-refractivity contribution in [3.8, 4) is 17.2 Å². The van der Waals surface area contributed by atoms with E-state index in [-0.39, 0.29) is 11.5 Å². The first-order valence-electron chi connectivity index (χ1n) is 10.6. The van der Waals surface area contributed by atoms with Crippen molar-refractivity contribution in [2.75, 3.05) is 26.1 Å². The summed E-state index contributed by atoms with van der Waals surface area (Å²) in [6.45, 7) is 2.19. The number of hydrogen-bond acceptors (Lipinski definition) is 8. The molecule has 0 spiro atoms. The normalized spacial score (nSPS) is 11.2. The molecule has 10 heteroatoms. The van der Waals surface area contributed by atoms with Gasteiger partial charge in [-0.1, -0.05) is 42.5 Å². The lowest BCUT2D eigenvalue weighted by atomic mass is 10.1. The summed E-state index contributed by atoms with van der Waals surface area (Å²) in [5.74, 6) is -1.14. The Morgan fingerprint density at radius 2 is 1.57 bits per heavy atom. The zero-order valence-corrected chi connectivity index (χ0v) is 19.3. The van der Waals surface area contributed by atoms with Gasteiger partial charge in [-0.2, -0.15) is 0 Å². The first-order chi connectivity index (χ1) is 16.9. The van der Waals surface area contributed by atoms with Gasteiger partial charge in [0.1, 0.15) is 11.3 Å². The molecule has 182 valence electrons. The lowest BCUT2D eigenvalue weighted by Gasteiger charge is -2.19. The molecule has 3 aromatic carbocycles. The zero-order valence-electron chi connectivity index (χ0n) is 19.3. The monoisotopic (exact) mass is 480 g/mol. The third-order valence-electron chi connectivity index (χ3n) is 4.93. The molecule has 1 unspecified atom stereocenters. The SMILES string of the molecule is CCOc1ccccc1NC(=O)C(OC(=O)c1cc(OC)c(OC)cc1[N+](=O)[O-])c1ccccc1. The molecule has 1 N–H and O–H groups in total. The molecule has 35 heavy (non-hydrogen) atoms. The Bertz CT molecular complexity index is 1210. The number of nitro benzene ring substituents is 1. The summed E-state index contributed by atoms with van der Waals surface area (Å²) in [7, 11) is 2.64. The second kappa shape index (κ2) is 11.5. The minimum Gasteiger partial charge on any atom is -0.493 e. The van der Waals surface area contributed by atoms with Crippen LogP contribution in [-0.2, 0) is 9.53 Å². The number of ether oxygens (including phenoxy) is 4. The van der Waals surface area contributed by atoms with Gasteiger partial charge < -0.3 is 24.3 Å². The third-order valence-corrected chi connectivity index (χ3v) is 4.93. The molecule has 0 saturated heterocycles. The van der Waals surface area contributed by atoms with Crippen LogP contribution in [0.1, 0.15) is 28.9 Å². The molecule has 0 aliphatic carbocycles. The highest BCUT2D eigenvalue weighted by Gasteiger charge is 2.31. The van der Waals surface area contributed by atoms with E-state index in [1.165, 1.54) is 14.2 Å². The highest BCUT2D eigenvalue weighted by Crippen LogP contribution is 2.36. The number of rotatable bonds is 10. The van der Waals surface area contributed by atoms with Gasteiger partial charge in [0.25, 0.3) is 11.6 Å². The zero-order chi connectivity index (χ0) is 25.4. The maximum atomic E-state index is 13.3. The Balaban J connectivity index is 1.98. The van der Waals surface area contributed by atoms with Crippen LogP contribution in [0.5, 0.6) is 17.2 Å². The number of benzene rings is 3. The number of hydrogen-bond donors (Lipinski definition) is 1. The van der Waals surface area contributed by atoms with Crippen LogP contribution in [0.3, 0.4) is 0 Å². The van der Waals surface area contributed by atoms with E-state index in [1.54, 1.807) is 54.6 Å². The first kappa shape index (κ1) is 25.0. The van der Waals surface area contributed by atoms with E-state index in [1.807, 2.05) is 6.92 Å². The predicted molar refractivity (Wildman–Crippen MR) is 127 cm³/mol. The number of amides is 1. The molecular weight excluding hydrogens is 456 g/mol. The quantitative estimate of drug-likeness (QED) is 0.254. The number of carbonyl (C=O) groups is 2. The lowest BCUT2D eigenvalue weighted by Crippen LogP contribution is -2.26. The molecule has 1 amide bonds. The fourth-order valence-electron chi connectivity index (χ4n) is 3.30. The van der Waals surface area contributed by atoms with Crippen LogP contribution < -0.4 is 19.5 Å². The maximum absolute atomic E-state index is 13.3. The molecule has 0 bridgehead atoms. The van der Waals surface area contributed by atoms with Gasteiger partial charge in [0.2, 0.25) is 6.10 Å². The number of para-hydroxylation sites is 2. The smallest absolute Gasteiger partial charge is 0.346 e. The summed E-state index contributed by atoms with van der Waals surface area (Å²) in [4.78, 5) is 37.3. The van der Waals surface area contributed by atoms with Crippen LogP contribution >= 0.6 is 0 Å². The highest BCUT2D eigenvalue weighted by molar-refractivity contribution is 6.00. The van der Waals surface area contributed by atoms with Crippen LogP contribution in [0.25, 0.3) is 0 Å². The average Bonchev–Trinajstić information content (AvgIpc) is 2.87. The van der Waals surface area contributed by atoms with E-state index in [9.17, 15) is 19.7 Å². The second-order valence-electron chi connectivity index (χ2n) is 7.10. The summed E-state index contributed by atoms with van der Waals surface area (Å²) < 4.78 is 21.3. The highest BCUT2D eigenvalue weighted by atomic mass is 16.6. The molecule has 1 atom stereocenters. The molecule has 0 aliphatic rings. The van der Waals surface area contributed by atoms with Crippen molar-refractivity contribution in [3.63, 3.8) is 0 Å². The van der Waals surface area contributed by atoms with Gasteiger partial charge in [-0.15, -0.1) is 0 Å². The summed E-state index contributed by atoms with van der Waals surface area (Å²) in [6.07, 6.45) is -1.41. The minimum atomic E-state index is -1.41. The summed E-state index contributed by atoms with van der Waals surface area (Å²) in [6, 6.07) is 17.3. The third kappa shape index (κ3) is 5.85. The fourth-order valence-corrected chi connectivity index (χ4v) is 3.30. The Kier molecular flexibility index (Phi) is 8.23. The number of anilines is 1. The number of methoxy groups -OCH3 is 2. The largest absolute Gasteiger partial charge is 0.493 e. The van der Waals surface area contributed by atoms with Crippen molar-refractivity contribution in [2.24, 2.45) is 0 Å². The molecule has 10 nitrogen and oxygen atoms in total. The van der Waals surface area contributed by atoms with E-state index in [0.29, 0.717) is 23.6 Å². The fraction of sp³-hybridized carbons (Fsp3) is 0.200. The maximum Gasteiger partial charge on any atom is 0.346 e. The van der Waals surface area contributed by atoms with E-state index in [0.717, 1.165) is 12.1 Å². The van der Waals surface area contributed by atoms with Crippen molar-refractivity contribution >= 4 is 23.3 Å². The van der Waals surface area contributed by atoms with E-state index >= 15 is 0 Å². The molecule has 0 saturated carbocycles. The van der Waals surface area contributed by atoms with Crippen molar-refractivity contribution in [2.45, 2.75) is 13.0 Å². The molecule has 3 rings (SSSR count). The molecule has 0 heterocycles. The Morgan fingerprint density at radius 1 is 0.943 bits per heavy atom. The average molecular weight is 480 g/mol. The minimum absolute atomic E-state index is 0.0700. The van der Waals surface area contributed by atoms with Gasteiger partial charge >= 0.3 is 5.97 Å². The summed E-state index contributed by atoms with van der Waals surface area (Å²) in [5.41, 5.74) is -0.193. The molecule has 0 aliphatic heterocycles. The van der Waals surface area contributed by atoms with Crippen LogP contribution in [0.15, 0.2) is 66.7 Å². The van der Waals surface area contributed by atoms with Crippen LogP contribution in [0, 0.1) is 10.1 Å². The number of nitro groups is 1. The topological polar surface area (TPSA) is 126 Å². The number of nitrogens with zero attached hydrogens (tertiary/aromatic N) is 1. The summed E-state index contributed by atoms with van der Waals surface area (Å²) in [5, 5.41) is 14.3. The molecule has 0 aromatic heterocycles. The molecule has 0 radical (unpaired) electrons. The first-order valence-corrected chi connectivity index (χ1v) is 10.6. The molecule has 0 fully saturated rings. The van der Waals surface area contributed by atoms with E-state index < -0.39 is 34.2 Å². The van der Waals surface area contributed by atoms with Gasteiger partial charge in [0.05, 0.1) is 37.5 Å². The van der Waals surface area contributed by atoms with E-state index in [4.69, 9.17) is 18.9 Å². The van der Waals surface area contributed by atoms with Crippen LogP contribution in [-0.4, -0.2) is 37.6 Å². The van der Waals surface area contributed by atoms with Gasteiger partial charge in [0, 0.05) is 11.6 Å². The Hall–Kier alpha value is -4.60. The van der Waals surface area contributed by atoms with Crippen LogP contribution in [0.4, 0.5) is 11.4 Å². The van der Waals surface area contributed by atoms with Crippen molar-refractivity contribution in [3.05, 3.63) is 88.0 Å². The van der Waals surface area contributed by atoms with Gasteiger partial charge in [-0.3, -0.25) is 14.9 Å². The van der Waals surface area contributed by atoms with Gasteiger partial charge in [-0.25, -0.2) is 4.79 Å². The van der Waals surface area contributed by atoms with Crippen molar-refractivity contribution in [1.82, 2.24) is 0 Å². The van der Waals surface area contributed by atoms with Crippen molar-refractivity contribution in [1.29, 1.82) is 0 Å². The van der Waals surface area contributed by atoms with Crippen LogP contribution in [0.2, 0.25) is 0 Å². The predicted octanol–water partition coefficient (Wildman–Crippen LogP) is 4.55. The number of nitrogens with one attached hydrogen (secondary N) is 1. The van der Waals surface area contributed by atoms with Gasteiger partial charge in [0.15, 0.2) is 11.5 Å². The van der Waals surface area contributed by atoms with E-state index in [2.05, 4.69) is 5.32 Å². The van der Waals surface area contributed by atoms with Gasteiger partial charge in [-0.05, 0) is 19.1 Å². The lowest BCUT2D eigenvalue weighted by molar-refractivity contribution is -0.385. The summed E-state index contributed by atoms with van der Waals surface area (Å²) >= 11 is 0. The standard InChI is InChI=1S/C25H24N2O8/c1-4-34-20-13-9-8-12-18(20)26-24(28)23(16-10-6-5-7-11-16)35-25(29)17-14-21(32-2)22(33-3)15-19(17)27(30)31/h5-15,23H,4H2,1-3H3,(H,26,28). The molecule has 3 aromatic rings. The van der Waals surface area contributed by atoms with Crippen molar-refractivity contribution < 1.29 is 33.5 Å². The number of carbonyl (C=O) groups excluding carboxylic acids is 2.